The van der Waals surface area contributed by atoms with Gasteiger partial charge in [0.2, 0.25) is 0 Å². The Kier molecular flexibility index (Phi) is 4.50. The van der Waals surface area contributed by atoms with E-state index >= 15 is 0 Å². The molecule has 0 saturated heterocycles. The molecule has 112 valence electrons. The van der Waals surface area contributed by atoms with Gasteiger partial charge in [0, 0.05) is 13.5 Å². The lowest BCUT2D eigenvalue weighted by atomic mass is 9.68. The molecule has 20 heavy (non-hydrogen) atoms. The van der Waals surface area contributed by atoms with Gasteiger partial charge < -0.3 is 9.84 Å². The van der Waals surface area contributed by atoms with E-state index in [0.29, 0.717) is 11.8 Å². The third-order valence-electron chi connectivity index (χ3n) is 4.81. The normalized spacial score (nSPS) is 22.4. The van der Waals surface area contributed by atoms with E-state index < -0.39 is 11.7 Å². The number of aliphatic hydroxyl groups is 1. The standard InChI is InChI=1S/C17H25FO2/c1-16(2)8-10-17(20-3,11-9-16)15(19)12-13-4-6-14(18)7-5-13/h4-7,15,19H,8-12H2,1-3H3. The first-order valence-corrected chi connectivity index (χ1v) is 7.35. The number of aliphatic hydroxyl groups excluding tert-OH is 1. The van der Waals surface area contributed by atoms with E-state index in [-0.39, 0.29) is 5.82 Å². The maximum Gasteiger partial charge on any atom is 0.123 e. The van der Waals surface area contributed by atoms with Crippen molar-refractivity contribution in [3.8, 4) is 0 Å². The molecule has 1 unspecified atom stereocenters. The molecule has 0 spiro atoms. The molecular formula is C17H25FO2. The maximum absolute atomic E-state index is 12.9. The van der Waals surface area contributed by atoms with Crippen molar-refractivity contribution in [2.75, 3.05) is 7.11 Å². The molecule has 0 amide bonds. The zero-order chi connectivity index (χ0) is 14.8. The van der Waals surface area contributed by atoms with Crippen LogP contribution in [-0.4, -0.2) is 23.9 Å². The highest BCUT2D eigenvalue weighted by atomic mass is 19.1. The third kappa shape index (κ3) is 3.39. The van der Waals surface area contributed by atoms with Crippen LogP contribution in [-0.2, 0) is 11.2 Å². The summed E-state index contributed by atoms with van der Waals surface area (Å²) in [6, 6.07) is 6.33. The van der Waals surface area contributed by atoms with Gasteiger partial charge in [-0.25, -0.2) is 4.39 Å². The lowest BCUT2D eigenvalue weighted by Crippen LogP contribution is -2.49. The van der Waals surface area contributed by atoms with Crippen molar-refractivity contribution in [1.29, 1.82) is 0 Å². The molecule has 3 heteroatoms. The van der Waals surface area contributed by atoms with Gasteiger partial charge in [-0.1, -0.05) is 26.0 Å². The molecule has 0 bridgehead atoms. The summed E-state index contributed by atoms with van der Waals surface area (Å²) in [4.78, 5) is 0. The minimum Gasteiger partial charge on any atom is -0.390 e. The van der Waals surface area contributed by atoms with E-state index in [1.807, 2.05) is 0 Å². The molecule has 0 aromatic heterocycles. The maximum atomic E-state index is 12.9. The van der Waals surface area contributed by atoms with Gasteiger partial charge in [-0.3, -0.25) is 0 Å². The Morgan fingerprint density at radius 1 is 1.15 bits per heavy atom. The number of benzene rings is 1. The fourth-order valence-electron chi connectivity index (χ4n) is 3.05. The largest absolute Gasteiger partial charge is 0.390 e. The zero-order valence-corrected chi connectivity index (χ0v) is 12.7. The Balaban J connectivity index is 2.06. The molecule has 2 nitrogen and oxygen atoms in total. The predicted molar refractivity (Wildman–Crippen MR) is 78.1 cm³/mol. The monoisotopic (exact) mass is 280 g/mol. The van der Waals surface area contributed by atoms with E-state index in [0.717, 1.165) is 31.2 Å². The first-order valence-electron chi connectivity index (χ1n) is 7.35. The van der Waals surface area contributed by atoms with Crippen molar-refractivity contribution in [1.82, 2.24) is 0 Å². The molecule has 1 aromatic carbocycles. The van der Waals surface area contributed by atoms with Crippen molar-refractivity contribution in [2.24, 2.45) is 5.41 Å². The SMILES string of the molecule is COC1(C(O)Cc2ccc(F)cc2)CCC(C)(C)CC1. The van der Waals surface area contributed by atoms with E-state index in [4.69, 9.17) is 4.74 Å². The van der Waals surface area contributed by atoms with Gasteiger partial charge >= 0.3 is 0 Å². The average molecular weight is 280 g/mol. The molecule has 1 aliphatic rings. The van der Waals surface area contributed by atoms with Crippen molar-refractivity contribution in [2.45, 2.75) is 57.7 Å². The molecule has 1 aliphatic carbocycles. The summed E-state index contributed by atoms with van der Waals surface area (Å²) in [6.45, 7) is 4.53. The predicted octanol–water partition coefficient (Wildman–Crippen LogP) is 3.71. The van der Waals surface area contributed by atoms with Gasteiger partial charge in [0.1, 0.15) is 5.82 Å². The zero-order valence-electron chi connectivity index (χ0n) is 12.7. The summed E-state index contributed by atoms with van der Waals surface area (Å²) in [5, 5.41) is 10.6. The van der Waals surface area contributed by atoms with E-state index in [1.54, 1.807) is 19.2 Å². The lowest BCUT2D eigenvalue weighted by Gasteiger charge is -2.45. The minimum atomic E-state index is -0.547. The van der Waals surface area contributed by atoms with Gasteiger partial charge in [0.15, 0.2) is 0 Å². The van der Waals surface area contributed by atoms with Crippen LogP contribution in [0.3, 0.4) is 0 Å². The third-order valence-corrected chi connectivity index (χ3v) is 4.81. The summed E-state index contributed by atoms with van der Waals surface area (Å²) < 4.78 is 18.6. The Morgan fingerprint density at radius 3 is 2.20 bits per heavy atom. The number of hydrogen-bond acceptors (Lipinski definition) is 2. The van der Waals surface area contributed by atoms with Crippen LogP contribution in [0.15, 0.2) is 24.3 Å². The second-order valence-corrected chi connectivity index (χ2v) is 6.78. The van der Waals surface area contributed by atoms with Crippen molar-refractivity contribution >= 4 is 0 Å². The number of methoxy groups -OCH3 is 1. The van der Waals surface area contributed by atoms with Gasteiger partial charge in [-0.05, 0) is 48.8 Å². The lowest BCUT2D eigenvalue weighted by molar-refractivity contribution is -0.135. The Labute approximate surface area is 121 Å². The van der Waals surface area contributed by atoms with Gasteiger partial charge in [0.05, 0.1) is 11.7 Å². The van der Waals surface area contributed by atoms with Crippen molar-refractivity contribution < 1.29 is 14.2 Å². The fourth-order valence-corrected chi connectivity index (χ4v) is 3.05. The van der Waals surface area contributed by atoms with Crippen molar-refractivity contribution in [3.05, 3.63) is 35.6 Å². The molecule has 1 fully saturated rings. The summed E-state index contributed by atoms with van der Waals surface area (Å²) in [5.74, 6) is -0.246. The van der Waals surface area contributed by atoms with E-state index in [2.05, 4.69) is 13.8 Å². The minimum absolute atomic E-state index is 0.246. The Bertz CT molecular complexity index is 429. The second kappa shape index (κ2) is 5.82. The van der Waals surface area contributed by atoms with Crippen LogP contribution in [0.5, 0.6) is 0 Å². The fraction of sp³-hybridized carbons (Fsp3) is 0.647. The summed E-state index contributed by atoms with van der Waals surface area (Å²) >= 11 is 0. The first-order chi connectivity index (χ1) is 9.37. The highest BCUT2D eigenvalue weighted by Crippen LogP contribution is 2.43. The molecule has 0 heterocycles. The van der Waals surface area contributed by atoms with Crippen LogP contribution < -0.4 is 0 Å². The Hall–Kier alpha value is -0.930. The smallest absolute Gasteiger partial charge is 0.123 e. The van der Waals surface area contributed by atoms with Crippen LogP contribution in [0.4, 0.5) is 4.39 Å². The first kappa shape index (κ1) is 15.5. The second-order valence-electron chi connectivity index (χ2n) is 6.78. The van der Waals surface area contributed by atoms with Gasteiger partial charge in [-0.15, -0.1) is 0 Å². The number of rotatable bonds is 4. The highest BCUT2D eigenvalue weighted by molar-refractivity contribution is 5.18. The number of ether oxygens (including phenoxy) is 1. The van der Waals surface area contributed by atoms with Crippen LogP contribution in [0, 0.1) is 11.2 Å². The van der Waals surface area contributed by atoms with Crippen LogP contribution in [0.25, 0.3) is 0 Å². The average Bonchev–Trinajstić information content (AvgIpc) is 2.42. The summed E-state index contributed by atoms with van der Waals surface area (Å²) in [6.07, 6.45) is 3.82. The summed E-state index contributed by atoms with van der Waals surface area (Å²) in [5.41, 5.74) is 0.821. The molecule has 1 aromatic rings. The number of halogens is 1. The quantitative estimate of drug-likeness (QED) is 0.911. The molecular weight excluding hydrogens is 255 g/mol. The van der Waals surface area contributed by atoms with Crippen molar-refractivity contribution in [3.63, 3.8) is 0 Å². The molecule has 0 radical (unpaired) electrons. The Morgan fingerprint density at radius 2 is 1.70 bits per heavy atom. The van der Waals surface area contributed by atoms with Crippen LogP contribution in [0.1, 0.15) is 45.1 Å². The molecule has 2 rings (SSSR count). The number of hydrogen-bond donors (Lipinski definition) is 1. The molecule has 1 atom stereocenters. The van der Waals surface area contributed by atoms with E-state index in [9.17, 15) is 9.50 Å². The van der Waals surface area contributed by atoms with E-state index in [1.165, 1.54) is 12.1 Å². The molecule has 1 N–H and O–H groups in total. The topological polar surface area (TPSA) is 29.5 Å². The van der Waals surface area contributed by atoms with Crippen LogP contribution in [0.2, 0.25) is 0 Å². The van der Waals surface area contributed by atoms with Gasteiger partial charge in [-0.2, -0.15) is 0 Å². The highest BCUT2D eigenvalue weighted by Gasteiger charge is 2.43. The van der Waals surface area contributed by atoms with Crippen LogP contribution >= 0.6 is 0 Å². The molecule has 0 aliphatic heterocycles. The van der Waals surface area contributed by atoms with Gasteiger partial charge in [0.25, 0.3) is 0 Å². The molecule has 1 saturated carbocycles. The summed E-state index contributed by atoms with van der Waals surface area (Å²) in [7, 11) is 1.69.